The van der Waals surface area contributed by atoms with Crippen molar-refractivity contribution in [2.75, 3.05) is 0 Å². The van der Waals surface area contributed by atoms with E-state index in [4.69, 9.17) is 0 Å². The second-order valence-electron chi connectivity index (χ2n) is 3.88. The van der Waals surface area contributed by atoms with Gasteiger partial charge in [-0.15, -0.1) is 0 Å². The van der Waals surface area contributed by atoms with Crippen LogP contribution in [0.3, 0.4) is 0 Å². The highest BCUT2D eigenvalue weighted by Gasteiger charge is 2.30. The van der Waals surface area contributed by atoms with Gasteiger partial charge in [0.2, 0.25) is 6.04 Å². The van der Waals surface area contributed by atoms with Crippen molar-refractivity contribution in [2.45, 2.75) is 26.3 Å². The van der Waals surface area contributed by atoms with E-state index >= 15 is 0 Å². The predicted molar refractivity (Wildman–Crippen MR) is 52.0 cm³/mol. The molecule has 0 heterocycles. The van der Waals surface area contributed by atoms with Gasteiger partial charge in [-0.05, 0) is 11.8 Å². The van der Waals surface area contributed by atoms with E-state index in [0.29, 0.717) is 23.8 Å². The minimum atomic E-state index is -0.572. The molecule has 1 rings (SSSR count). The van der Waals surface area contributed by atoms with Gasteiger partial charge in [-0.2, -0.15) is 0 Å². The van der Waals surface area contributed by atoms with E-state index in [9.17, 15) is 10.1 Å². The molecule has 0 saturated carbocycles. The van der Waals surface area contributed by atoms with Crippen LogP contribution < -0.4 is 0 Å². The zero-order valence-corrected chi connectivity index (χ0v) is 8.06. The summed E-state index contributed by atoms with van der Waals surface area (Å²) >= 11 is 0. The van der Waals surface area contributed by atoms with Crippen molar-refractivity contribution in [1.29, 1.82) is 0 Å². The van der Waals surface area contributed by atoms with Crippen LogP contribution in [0, 0.1) is 22.0 Å². The van der Waals surface area contributed by atoms with Crippen molar-refractivity contribution in [1.82, 2.24) is 0 Å². The summed E-state index contributed by atoms with van der Waals surface area (Å²) in [6.45, 7) is 7.85. The molecule has 2 atom stereocenters. The van der Waals surface area contributed by atoms with Crippen LogP contribution in [0.1, 0.15) is 20.3 Å². The van der Waals surface area contributed by atoms with Crippen molar-refractivity contribution in [3.63, 3.8) is 0 Å². The lowest BCUT2D eigenvalue weighted by molar-refractivity contribution is -0.513. The van der Waals surface area contributed by atoms with Crippen LogP contribution in [0.2, 0.25) is 0 Å². The van der Waals surface area contributed by atoms with Gasteiger partial charge < -0.3 is 0 Å². The highest BCUT2D eigenvalue weighted by molar-refractivity contribution is 5.24. The van der Waals surface area contributed by atoms with Gasteiger partial charge in [0.15, 0.2) is 0 Å². The van der Waals surface area contributed by atoms with Crippen molar-refractivity contribution < 1.29 is 4.92 Å². The molecule has 0 N–H and O–H groups in total. The molecule has 0 saturated heterocycles. The number of hydrogen-bond acceptors (Lipinski definition) is 2. The molecule has 0 bridgehead atoms. The summed E-state index contributed by atoms with van der Waals surface area (Å²) in [5.41, 5.74) is 0.627. The monoisotopic (exact) mass is 181 g/mol. The largest absolute Gasteiger partial charge is 0.264 e. The fourth-order valence-electron chi connectivity index (χ4n) is 1.56. The molecule has 0 aromatic rings. The lowest BCUT2D eigenvalue weighted by Crippen LogP contribution is -2.28. The van der Waals surface area contributed by atoms with E-state index < -0.39 is 6.04 Å². The molecule has 2 unspecified atom stereocenters. The Morgan fingerprint density at radius 1 is 1.69 bits per heavy atom. The van der Waals surface area contributed by atoms with Crippen LogP contribution in [-0.2, 0) is 0 Å². The van der Waals surface area contributed by atoms with E-state index in [-0.39, 0.29) is 4.92 Å². The Labute approximate surface area is 78.3 Å². The molecule has 0 amide bonds. The van der Waals surface area contributed by atoms with Gasteiger partial charge in [0.05, 0.1) is 0 Å². The van der Waals surface area contributed by atoms with Crippen molar-refractivity contribution >= 4 is 0 Å². The lowest BCUT2D eigenvalue weighted by atomic mass is 9.82. The van der Waals surface area contributed by atoms with E-state index in [2.05, 4.69) is 20.4 Å². The Morgan fingerprint density at radius 3 is 2.77 bits per heavy atom. The molecule has 0 aromatic heterocycles. The normalized spacial score (nSPS) is 28.1. The molecule has 0 fully saturated rings. The van der Waals surface area contributed by atoms with Crippen molar-refractivity contribution in [2.24, 2.45) is 11.8 Å². The van der Waals surface area contributed by atoms with Crippen molar-refractivity contribution in [3.8, 4) is 0 Å². The van der Waals surface area contributed by atoms with Crippen molar-refractivity contribution in [3.05, 3.63) is 34.4 Å². The number of hydrogen-bond donors (Lipinski definition) is 0. The second-order valence-corrected chi connectivity index (χ2v) is 3.88. The van der Waals surface area contributed by atoms with Gasteiger partial charge in [-0.1, -0.05) is 32.6 Å². The summed E-state index contributed by atoms with van der Waals surface area (Å²) in [6, 6.07) is -0.572. The van der Waals surface area contributed by atoms with Gasteiger partial charge in [0.1, 0.15) is 0 Å². The Hall–Kier alpha value is -1.12. The Kier molecular flexibility index (Phi) is 2.86. The van der Waals surface area contributed by atoms with Crippen LogP contribution in [0.4, 0.5) is 0 Å². The van der Waals surface area contributed by atoms with E-state index in [1.807, 2.05) is 6.08 Å². The topological polar surface area (TPSA) is 43.1 Å². The van der Waals surface area contributed by atoms with Crippen LogP contribution in [-0.4, -0.2) is 11.0 Å². The molecule has 3 heteroatoms. The maximum absolute atomic E-state index is 10.6. The smallest absolute Gasteiger partial charge is 0.238 e. The molecule has 72 valence electrons. The quantitative estimate of drug-likeness (QED) is 0.485. The van der Waals surface area contributed by atoms with Gasteiger partial charge in [0, 0.05) is 16.9 Å². The van der Waals surface area contributed by atoms with Gasteiger partial charge >= 0.3 is 0 Å². The molecule has 0 spiro atoms. The number of nitrogens with zero attached hydrogens (tertiary/aromatic N) is 1. The fourth-order valence-corrected chi connectivity index (χ4v) is 1.56. The molecular formula is C10H15NO2. The highest BCUT2D eigenvalue weighted by Crippen LogP contribution is 2.28. The van der Waals surface area contributed by atoms with Crippen LogP contribution in [0.25, 0.3) is 0 Å². The van der Waals surface area contributed by atoms with Gasteiger partial charge in [-0.3, -0.25) is 10.1 Å². The second kappa shape index (κ2) is 3.73. The average Bonchev–Trinajstić information content (AvgIpc) is 2.04. The minimum Gasteiger partial charge on any atom is -0.264 e. The minimum absolute atomic E-state index is 0.235. The molecule has 1 aliphatic carbocycles. The highest BCUT2D eigenvalue weighted by atomic mass is 16.6. The fraction of sp³-hybridized carbons (Fsp3) is 0.600. The molecule has 1 aliphatic rings. The third-order valence-electron chi connectivity index (χ3n) is 2.59. The lowest BCUT2D eigenvalue weighted by Gasteiger charge is -2.23. The summed E-state index contributed by atoms with van der Waals surface area (Å²) in [7, 11) is 0. The molecule has 0 radical (unpaired) electrons. The number of rotatable bonds is 2. The molecule has 0 aromatic carbocycles. The first-order valence-electron chi connectivity index (χ1n) is 4.53. The first-order valence-corrected chi connectivity index (χ1v) is 4.53. The standard InChI is InChI=1S/C10H15NO2/c1-7(2)9-5-4-8(3)10(6-9)11(12)13/h4-5,7,9-10H,3,6H2,1-2H3. The van der Waals surface area contributed by atoms with E-state index in [1.54, 1.807) is 6.08 Å². The Bertz CT molecular complexity index is 256. The molecule has 0 aliphatic heterocycles. The summed E-state index contributed by atoms with van der Waals surface area (Å²) in [4.78, 5) is 10.4. The van der Waals surface area contributed by atoms with E-state index in [1.165, 1.54) is 0 Å². The molecule has 3 nitrogen and oxygen atoms in total. The third-order valence-corrected chi connectivity index (χ3v) is 2.59. The first-order chi connectivity index (χ1) is 6.02. The number of nitro groups is 1. The average molecular weight is 181 g/mol. The maximum atomic E-state index is 10.6. The summed E-state index contributed by atoms with van der Waals surface area (Å²) in [5.74, 6) is 0.785. The van der Waals surface area contributed by atoms with E-state index in [0.717, 1.165) is 0 Å². The van der Waals surface area contributed by atoms with Gasteiger partial charge in [0.25, 0.3) is 0 Å². The Morgan fingerprint density at radius 2 is 2.31 bits per heavy atom. The number of allylic oxidation sites excluding steroid dienone is 1. The molecular weight excluding hydrogens is 166 g/mol. The van der Waals surface area contributed by atoms with Crippen LogP contribution in [0.15, 0.2) is 24.3 Å². The Balaban J connectivity index is 2.76. The summed E-state index contributed by atoms with van der Waals surface area (Å²) < 4.78 is 0. The zero-order valence-electron chi connectivity index (χ0n) is 8.06. The predicted octanol–water partition coefficient (Wildman–Crippen LogP) is 2.42. The van der Waals surface area contributed by atoms with Crippen LogP contribution >= 0.6 is 0 Å². The SMILES string of the molecule is C=C1C=CC(C(C)C)CC1[N+](=O)[O-]. The maximum Gasteiger partial charge on any atom is 0.238 e. The third kappa shape index (κ3) is 2.17. The summed E-state index contributed by atoms with van der Waals surface area (Å²) in [6.07, 6.45) is 4.43. The summed E-state index contributed by atoms with van der Waals surface area (Å²) in [5, 5.41) is 10.6. The van der Waals surface area contributed by atoms with Crippen LogP contribution in [0.5, 0.6) is 0 Å². The van der Waals surface area contributed by atoms with Gasteiger partial charge in [-0.25, -0.2) is 0 Å². The zero-order chi connectivity index (χ0) is 10.0. The first kappa shape index (κ1) is 9.96. The molecule has 13 heavy (non-hydrogen) atoms.